The van der Waals surface area contributed by atoms with Crippen molar-refractivity contribution in [1.82, 2.24) is 15.3 Å². The van der Waals surface area contributed by atoms with Crippen LogP contribution in [0.25, 0.3) is 0 Å². The number of carbonyl (C=O) groups is 1. The highest BCUT2D eigenvalue weighted by atomic mass is 35.5. The zero-order chi connectivity index (χ0) is 15.9. The Morgan fingerprint density at radius 3 is 2.45 bits per heavy atom. The van der Waals surface area contributed by atoms with Gasteiger partial charge in [0.15, 0.2) is 0 Å². The van der Waals surface area contributed by atoms with Crippen molar-refractivity contribution in [1.29, 1.82) is 0 Å². The predicted octanol–water partition coefficient (Wildman–Crippen LogP) is 2.90. The average molecular weight is 341 g/mol. The number of rotatable bonds is 6. The SMILES string of the molecule is COCCNC(=O)c1cnc(Nc2c(Cl)cccc2Cl)nc1. The van der Waals surface area contributed by atoms with Gasteiger partial charge in [-0.2, -0.15) is 0 Å². The van der Waals surface area contributed by atoms with E-state index >= 15 is 0 Å². The molecule has 0 atom stereocenters. The van der Waals surface area contributed by atoms with Crippen molar-refractivity contribution in [3.05, 3.63) is 46.2 Å². The summed E-state index contributed by atoms with van der Waals surface area (Å²) in [5.41, 5.74) is 0.870. The first-order valence-corrected chi connectivity index (χ1v) is 7.17. The minimum Gasteiger partial charge on any atom is -0.383 e. The fraction of sp³-hybridized carbons (Fsp3) is 0.214. The van der Waals surface area contributed by atoms with Gasteiger partial charge in [-0.3, -0.25) is 4.79 Å². The van der Waals surface area contributed by atoms with Crippen molar-refractivity contribution >= 4 is 40.7 Å². The van der Waals surface area contributed by atoms with E-state index in [0.29, 0.717) is 40.4 Å². The Kier molecular flexibility index (Phi) is 5.94. The van der Waals surface area contributed by atoms with E-state index in [0.717, 1.165) is 0 Å². The van der Waals surface area contributed by atoms with E-state index in [1.807, 2.05) is 0 Å². The zero-order valence-electron chi connectivity index (χ0n) is 11.8. The molecule has 1 aromatic carbocycles. The van der Waals surface area contributed by atoms with Gasteiger partial charge in [-0.25, -0.2) is 9.97 Å². The Balaban J connectivity index is 2.04. The van der Waals surface area contributed by atoms with Crippen LogP contribution < -0.4 is 10.6 Å². The van der Waals surface area contributed by atoms with Gasteiger partial charge in [0.05, 0.1) is 27.9 Å². The maximum atomic E-state index is 11.8. The molecule has 22 heavy (non-hydrogen) atoms. The van der Waals surface area contributed by atoms with Gasteiger partial charge in [0.2, 0.25) is 5.95 Å². The normalized spacial score (nSPS) is 10.3. The van der Waals surface area contributed by atoms with Crippen LogP contribution in [0.3, 0.4) is 0 Å². The van der Waals surface area contributed by atoms with Crippen LogP contribution in [0.2, 0.25) is 10.0 Å². The van der Waals surface area contributed by atoms with Gasteiger partial charge in [-0.1, -0.05) is 29.3 Å². The third kappa shape index (κ3) is 4.30. The molecule has 0 bridgehead atoms. The quantitative estimate of drug-likeness (QED) is 0.790. The molecule has 2 rings (SSSR count). The van der Waals surface area contributed by atoms with Crippen LogP contribution in [0.5, 0.6) is 0 Å². The summed E-state index contributed by atoms with van der Waals surface area (Å²) in [7, 11) is 1.57. The minimum absolute atomic E-state index is 0.264. The molecule has 0 saturated heterocycles. The molecule has 0 unspecified atom stereocenters. The summed E-state index contributed by atoms with van der Waals surface area (Å²) >= 11 is 12.1. The molecule has 1 heterocycles. The molecule has 1 amide bonds. The van der Waals surface area contributed by atoms with Crippen molar-refractivity contribution in [3.8, 4) is 0 Å². The van der Waals surface area contributed by atoms with Crippen LogP contribution in [0.1, 0.15) is 10.4 Å². The van der Waals surface area contributed by atoms with Gasteiger partial charge >= 0.3 is 0 Å². The van der Waals surface area contributed by atoms with Crippen LogP contribution in [-0.2, 0) is 4.74 Å². The summed E-state index contributed by atoms with van der Waals surface area (Å²) in [5, 5.41) is 6.51. The number of nitrogens with zero attached hydrogens (tertiary/aromatic N) is 2. The van der Waals surface area contributed by atoms with E-state index in [9.17, 15) is 4.79 Å². The van der Waals surface area contributed by atoms with Crippen molar-refractivity contribution in [2.75, 3.05) is 25.6 Å². The molecule has 0 radical (unpaired) electrons. The Labute approximate surface area is 137 Å². The van der Waals surface area contributed by atoms with Crippen LogP contribution >= 0.6 is 23.2 Å². The molecule has 116 valence electrons. The number of carbonyl (C=O) groups excluding carboxylic acids is 1. The Morgan fingerprint density at radius 2 is 1.86 bits per heavy atom. The number of ether oxygens (including phenoxy) is 1. The number of amides is 1. The summed E-state index contributed by atoms with van der Waals surface area (Å²) in [5.74, 6) is 0.0304. The second-order valence-electron chi connectivity index (χ2n) is 4.27. The summed E-state index contributed by atoms with van der Waals surface area (Å²) in [6.45, 7) is 0.863. The Morgan fingerprint density at radius 1 is 1.23 bits per heavy atom. The molecule has 0 aliphatic heterocycles. The molecule has 0 aliphatic carbocycles. The molecule has 0 fully saturated rings. The number of benzene rings is 1. The number of aromatic nitrogens is 2. The number of anilines is 2. The van der Waals surface area contributed by atoms with Crippen molar-refractivity contribution in [3.63, 3.8) is 0 Å². The van der Waals surface area contributed by atoms with E-state index in [4.69, 9.17) is 27.9 Å². The fourth-order valence-corrected chi connectivity index (χ4v) is 2.10. The number of halogens is 2. The van der Waals surface area contributed by atoms with Gasteiger partial charge in [0.25, 0.3) is 5.91 Å². The molecule has 1 aromatic heterocycles. The lowest BCUT2D eigenvalue weighted by molar-refractivity contribution is 0.0936. The lowest BCUT2D eigenvalue weighted by Gasteiger charge is -2.09. The molecular weight excluding hydrogens is 327 g/mol. The Hall–Kier alpha value is -1.89. The summed E-state index contributed by atoms with van der Waals surface area (Å²) in [6, 6.07) is 5.14. The third-order valence-electron chi connectivity index (χ3n) is 2.71. The average Bonchev–Trinajstić information content (AvgIpc) is 2.52. The number of hydrogen-bond acceptors (Lipinski definition) is 5. The van der Waals surface area contributed by atoms with Crippen LogP contribution in [-0.4, -0.2) is 36.1 Å². The topological polar surface area (TPSA) is 76.1 Å². The first-order chi connectivity index (χ1) is 10.6. The van der Waals surface area contributed by atoms with Crippen LogP contribution in [0, 0.1) is 0 Å². The number of para-hydroxylation sites is 1. The fourth-order valence-electron chi connectivity index (χ4n) is 1.61. The maximum absolute atomic E-state index is 11.8. The predicted molar refractivity (Wildman–Crippen MR) is 86.0 cm³/mol. The summed E-state index contributed by atoms with van der Waals surface area (Å²) in [6.07, 6.45) is 2.84. The minimum atomic E-state index is -0.264. The monoisotopic (exact) mass is 340 g/mol. The van der Waals surface area contributed by atoms with Gasteiger partial charge in [0, 0.05) is 26.0 Å². The maximum Gasteiger partial charge on any atom is 0.254 e. The zero-order valence-corrected chi connectivity index (χ0v) is 13.3. The molecule has 2 N–H and O–H groups in total. The van der Waals surface area contributed by atoms with E-state index in [1.165, 1.54) is 12.4 Å². The molecular formula is C14H14Cl2N4O2. The van der Waals surface area contributed by atoms with Crippen LogP contribution in [0.15, 0.2) is 30.6 Å². The van der Waals surface area contributed by atoms with Gasteiger partial charge < -0.3 is 15.4 Å². The Bertz CT molecular complexity index is 630. The molecule has 0 aliphatic rings. The van der Waals surface area contributed by atoms with Gasteiger partial charge in [0.1, 0.15) is 0 Å². The van der Waals surface area contributed by atoms with Gasteiger partial charge in [-0.15, -0.1) is 0 Å². The molecule has 8 heteroatoms. The van der Waals surface area contributed by atoms with Crippen molar-refractivity contribution in [2.24, 2.45) is 0 Å². The second kappa shape index (κ2) is 7.93. The first-order valence-electron chi connectivity index (χ1n) is 6.42. The molecule has 0 saturated carbocycles. The lowest BCUT2D eigenvalue weighted by atomic mass is 10.3. The second-order valence-corrected chi connectivity index (χ2v) is 5.08. The third-order valence-corrected chi connectivity index (χ3v) is 3.34. The largest absolute Gasteiger partial charge is 0.383 e. The highest BCUT2D eigenvalue weighted by Gasteiger charge is 2.09. The van der Waals surface area contributed by atoms with E-state index < -0.39 is 0 Å². The smallest absolute Gasteiger partial charge is 0.254 e. The summed E-state index contributed by atoms with van der Waals surface area (Å²) < 4.78 is 4.86. The highest BCUT2D eigenvalue weighted by molar-refractivity contribution is 6.39. The van der Waals surface area contributed by atoms with Crippen LogP contribution in [0.4, 0.5) is 11.6 Å². The van der Waals surface area contributed by atoms with Crippen molar-refractivity contribution in [2.45, 2.75) is 0 Å². The van der Waals surface area contributed by atoms with E-state index in [2.05, 4.69) is 20.6 Å². The number of nitrogens with one attached hydrogen (secondary N) is 2. The molecule has 2 aromatic rings. The first kappa shape index (κ1) is 16.5. The van der Waals surface area contributed by atoms with Crippen molar-refractivity contribution < 1.29 is 9.53 Å². The highest BCUT2D eigenvalue weighted by Crippen LogP contribution is 2.31. The molecule has 0 spiro atoms. The number of methoxy groups -OCH3 is 1. The molecule has 6 nitrogen and oxygen atoms in total. The lowest BCUT2D eigenvalue weighted by Crippen LogP contribution is -2.27. The van der Waals surface area contributed by atoms with E-state index in [1.54, 1.807) is 25.3 Å². The number of hydrogen-bond donors (Lipinski definition) is 2. The van der Waals surface area contributed by atoms with E-state index in [-0.39, 0.29) is 5.91 Å². The summed E-state index contributed by atoms with van der Waals surface area (Å²) in [4.78, 5) is 19.9. The standard InChI is InChI=1S/C14H14Cl2N4O2/c1-22-6-5-17-13(21)9-7-18-14(19-8-9)20-12-10(15)3-2-4-11(12)16/h2-4,7-8H,5-6H2,1H3,(H,17,21)(H,18,19,20). The van der Waals surface area contributed by atoms with Gasteiger partial charge in [-0.05, 0) is 12.1 Å².